The highest BCUT2D eigenvalue weighted by molar-refractivity contribution is 6.08. The molecule has 2 aliphatic rings. The zero-order valence-corrected chi connectivity index (χ0v) is 14.2. The molecule has 0 radical (unpaired) electrons. The quantitative estimate of drug-likeness (QED) is 0.464. The van der Waals surface area contributed by atoms with E-state index in [0.717, 1.165) is 28.4 Å². The highest BCUT2D eigenvalue weighted by atomic mass is 16.9. The van der Waals surface area contributed by atoms with Gasteiger partial charge in [-0.3, -0.25) is 28.9 Å². The largest absolute Gasteiger partial charge is 0.560 e. The molecule has 0 bridgehead atoms. The highest BCUT2D eigenvalue weighted by Crippen LogP contribution is 2.22. The lowest BCUT2D eigenvalue weighted by atomic mass is 10.2. The first-order valence-corrected chi connectivity index (χ1v) is 7.09. The zero-order valence-electron chi connectivity index (χ0n) is 14.2. The van der Waals surface area contributed by atoms with Crippen LogP contribution >= 0.6 is 0 Å². The van der Waals surface area contributed by atoms with E-state index in [1.165, 1.54) is 0 Å². The standard InChI is InChI=1S/C13H16N2O11/c1-21-5-6(22-2)10(17)14(9(5)16)25-13(20)26-15-11(18)7(23-3)8(24-4)12(15)19/h5-8H,1-4H3/t5-,6?,7?,8?/m1/s1. The van der Waals surface area contributed by atoms with Crippen LogP contribution in [0.4, 0.5) is 4.79 Å². The van der Waals surface area contributed by atoms with Crippen molar-refractivity contribution in [2.75, 3.05) is 28.4 Å². The Bertz CT molecular complexity index is 540. The summed E-state index contributed by atoms with van der Waals surface area (Å²) < 4.78 is 19.3. The number of hydrogen-bond donors (Lipinski definition) is 0. The van der Waals surface area contributed by atoms with Crippen LogP contribution in [0.25, 0.3) is 0 Å². The van der Waals surface area contributed by atoms with E-state index in [-0.39, 0.29) is 10.1 Å². The molecule has 2 fully saturated rings. The summed E-state index contributed by atoms with van der Waals surface area (Å²) in [5.74, 6) is -4.09. The Hall–Kier alpha value is -2.61. The average Bonchev–Trinajstić information content (AvgIpc) is 2.99. The van der Waals surface area contributed by atoms with Crippen molar-refractivity contribution in [3.05, 3.63) is 0 Å². The predicted molar refractivity (Wildman–Crippen MR) is 74.5 cm³/mol. The number of carbonyl (C=O) groups is 5. The van der Waals surface area contributed by atoms with Crippen molar-refractivity contribution in [2.24, 2.45) is 0 Å². The van der Waals surface area contributed by atoms with Crippen LogP contribution in [0.3, 0.4) is 0 Å². The van der Waals surface area contributed by atoms with E-state index >= 15 is 0 Å². The first kappa shape index (κ1) is 19.7. The van der Waals surface area contributed by atoms with E-state index in [1.807, 2.05) is 0 Å². The van der Waals surface area contributed by atoms with Crippen molar-refractivity contribution in [1.82, 2.24) is 10.1 Å². The molecule has 4 amide bonds. The number of hydroxylamine groups is 4. The van der Waals surface area contributed by atoms with Crippen LogP contribution in [0, 0.1) is 0 Å². The molecule has 0 aliphatic carbocycles. The van der Waals surface area contributed by atoms with Gasteiger partial charge < -0.3 is 18.9 Å². The molecule has 0 spiro atoms. The number of methoxy groups -OCH3 is 4. The molecule has 144 valence electrons. The number of rotatable bonds is 6. The van der Waals surface area contributed by atoms with Gasteiger partial charge in [0.1, 0.15) is 0 Å². The molecule has 26 heavy (non-hydrogen) atoms. The van der Waals surface area contributed by atoms with E-state index in [1.54, 1.807) is 0 Å². The smallest absolute Gasteiger partial charge is 0.368 e. The monoisotopic (exact) mass is 376 g/mol. The van der Waals surface area contributed by atoms with Crippen molar-refractivity contribution >= 4 is 29.8 Å². The van der Waals surface area contributed by atoms with Gasteiger partial charge in [-0.1, -0.05) is 10.1 Å². The maximum Gasteiger partial charge on any atom is 0.560 e. The second kappa shape index (κ2) is 7.74. The van der Waals surface area contributed by atoms with Crippen LogP contribution in [0.2, 0.25) is 0 Å². The summed E-state index contributed by atoms with van der Waals surface area (Å²) in [7, 11) is 4.62. The van der Waals surface area contributed by atoms with Crippen LogP contribution in [0.1, 0.15) is 0 Å². The van der Waals surface area contributed by atoms with Gasteiger partial charge in [0.25, 0.3) is 23.6 Å². The van der Waals surface area contributed by atoms with Gasteiger partial charge in [-0.05, 0) is 0 Å². The van der Waals surface area contributed by atoms with Gasteiger partial charge in [0.2, 0.25) is 0 Å². The highest BCUT2D eigenvalue weighted by Gasteiger charge is 2.54. The van der Waals surface area contributed by atoms with Crippen molar-refractivity contribution in [3.8, 4) is 0 Å². The summed E-state index contributed by atoms with van der Waals surface area (Å²) in [6, 6.07) is 0. The van der Waals surface area contributed by atoms with Crippen LogP contribution in [-0.2, 0) is 47.8 Å². The normalized spacial score (nSPS) is 28.9. The summed E-state index contributed by atoms with van der Waals surface area (Å²) in [5, 5.41) is 0.134. The number of amides is 4. The van der Waals surface area contributed by atoms with Gasteiger partial charge in [-0.2, -0.15) is 4.79 Å². The fourth-order valence-corrected chi connectivity index (χ4v) is 2.44. The zero-order chi connectivity index (χ0) is 19.6. The molecule has 0 aromatic carbocycles. The van der Waals surface area contributed by atoms with E-state index < -0.39 is 54.2 Å². The third-order valence-electron chi connectivity index (χ3n) is 3.67. The SMILES string of the molecule is COC1C(=O)N(OC(=O)ON2C(=O)C(OC)[C@@H](OC)C2=O)C(=O)C1OC. The maximum absolute atomic E-state index is 12.0. The molecule has 0 N–H and O–H groups in total. The van der Waals surface area contributed by atoms with Crippen molar-refractivity contribution in [1.29, 1.82) is 0 Å². The molecule has 13 nitrogen and oxygen atoms in total. The Morgan fingerprint density at radius 2 is 0.846 bits per heavy atom. The second-order valence-electron chi connectivity index (χ2n) is 5.00. The molecule has 2 rings (SSSR count). The summed E-state index contributed by atoms with van der Waals surface area (Å²) in [6.45, 7) is 0. The molecule has 0 aromatic heterocycles. The Morgan fingerprint density at radius 1 is 0.615 bits per heavy atom. The second-order valence-corrected chi connectivity index (χ2v) is 5.00. The lowest BCUT2D eigenvalue weighted by Gasteiger charge is -2.16. The Kier molecular flexibility index (Phi) is 5.86. The van der Waals surface area contributed by atoms with E-state index in [9.17, 15) is 24.0 Å². The summed E-state index contributed by atoms with van der Waals surface area (Å²) in [5.41, 5.74) is 0. The predicted octanol–water partition coefficient (Wildman–Crippen LogP) is -2.23. The van der Waals surface area contributed by atoms with Gasteiger partial charge in [0, 0.05) is 28.4 Å². The average molecular weight is 376 g/mol. The molecular formula is C13H16N2O11. The molecule has 0 saturated carbocycles. The maximum atomic E-state index is 12.0. The molecule has 13 heteroatoms. The Labute approximate surface area is 146 Å². The first-order valence-electron chi connectivity index (χ1n) is 7.09. The van der Waals surface area contributed by atoms with E-state index in [2.05, 4.69) is 9.68 Å². The van der Waals surface area contributed by atoms with Crippen LogP contribution < -0.4 is 0 Å². The number of nitrogens with zero attached hydrogens (tertiary/aromatic N) is 2. The number of hydrogen-bond acceptors (Lipinski definition) is 11. The molecule has 2 heterocycles. The number of carbonyl (C=O) groups excluding carboxylic acids is 5. The van der Waals surface area contributed by atoms with Crippen LogP contribution in [-0.4, -0.2) is 92.8 Å². The van der Waals surface area contributed by atoms with Gasteiger partial charge in [-0.15, -0.1) is 0 Å². The number of imide groups is 2. The summed E-state index contributed by atoms with van der Waals surface area (Å²) in [4.78, 5) is 68.8. The topological polar surface area (TPSA) is 147 Å². The molecule has 2 saturated heterocycles. The molecule has 4 atom stereocenters. The third-order valence-corrected chi connectivity index (χ3v) is 3.67. The minimum absolute atomic E-state index is 0.0668. The minimum atomic E-state index is -1.69. The van der Waals surface area contributed by atoms with Gasteiger partial charge in [-0.25, -0.2) is 0 Å². The van der Waals surface area contributed by atoms with Gasteiger partial charge in [0.05, 0.1) is 0 Å². The molecular weight excluding hydrogens is 360 g/mol. The fourth-order valence-electron chi connectivity index (χ4n) is 2.44. The van der Waals surface area contributed by atoms with Crippen molar-refractivity contribution < 1.29 is 52.6 Å². The number of ether oxygens (including phenoxy) is 4. The van der Waals surface area contributed by atoms with Crippen molar-refractivity contribution in [2.45, 2.75) is 24.4 Å². The molecule has 2 aliphatic heterocycles. The van der Waals surface area contributed by atoms with Crippen LogP contribution in [0.5, 0.6) is 0 Å². The van der Waals surface area contributed by atoms with Crippen LogP contribution in [0.15, 0.2) is 0 Å². The van der Waals surface area contributed by atoms with E-state index in [4.69, 9.17) is 18.9 Å². The van der Waals surface area contributed by atoms with Gasteiger partial charge >= 0.3 is 6.16 Å². The lowest BCUT2D eigenvalue weighted by Crippen LogP contribution is -2.40. The Morgan fingerprint density at radius 3 is 1.04 bits per heavy atom. The summed E-state index contributed by atoms with van der Waals surface area (Å²) in [6.07, 6.45) is -7.00. The molecule has 0 aromatic rings. The fraction of sp³-hybridized carbons (Fsp3) is 0.615. The molecule has 3 unspecified atom stereocenters. The summed E-state index contributed by atoms with van der Waals surface area (Å²) >= 11 is 0. The minimum Gasteiger partial charge on any atom is -0.368 e. The van der Waals surface area contributed by atoms with Gasteiger partial charge in [0.15, 0.2) is 24.4 Å². The van der Waals surface area contributed by atoms with E-state index in [0.29, 0.717) is 0 Å². The van der Waals surface area contributed by atoms with Crippen molar-refractivity contribution in [3.63, 3.8) is 0 Å². The third kappa shape index (κ3) is 3.12. The first-order chi connectivity index (χ1) is 12.3. The lowest BCUT2D eigenvalue weighted by molar-refractivity contribution is -0.201. The Balaban J connectivity index is 2.07.